The molecule has 2 aromatic rings. The van der Waals surface area contributed by atoms with Crippen LogP contribution in [-0.4, -0.2) is 51.7 Å². The van der Waals surface area contributed by atoms with Gasteiger partial charge in [0.1, 0.15) is 13.2 Å². The van der Waals surface area contributed by atoms with Gasteiger partial charge in [-0.25, -0.2) is 12.7 Å². The van der Waals surface area contributed by atoms with Crippen LogP contribution in [0.1, 0.15) is 5.56 Å². The van der Waals surface area contributed by atoms with Crippen molar-refractivity contribution in [3.05, 3.63) is 48.0 Å². The van der Waals surface area contributed by atoms with Crippen molar-refractivity contribution in [3.63, 3.8) is 0 Å². The van der Waals surface area contributed by atoms with Gasteiger partial charge in [-0.05, 0) is 54.5 Å². The number of fused-ring (bicyclic) bond motifs is 1. The summed E-state index contributed by atoms with van der Waals surface area (Å²) in [5.74, 6) is 1.54. The van der Waals surface area contributed by atoms with E-state index in [-0.39, 0.29) is 4.90 Å². The first-order valence-corrected chi connectivity index (χ1v) is 10.7. The molecule has 2 N–H and O–H groups in total. The molecule has 3 rings (SSSR count). The van der Waals surface area contributed by atoms with Crippen LogP contribution in [0.15, 0.2) is 47.4 Å². The van der Waals surface area contributed by atoms with E-state index in [0.29, 0.717) is 30.6 Å². The first-order chi connectivity index (χ1) is 13.4. The molecule has 1 heterocycles. The summed E-state index contributed by atoms with van der Waals surface area (Å²) in [4.78, 5) is 0.210. The molecule has 7 nitrogen and oxygen atoms in total. The number of benzene rings is 2. The average molecular weight is 422 g/mol. The first kappa shape index (κ1) is 20.4. The van der Waals surface area contributed by atoms with E-state index in [4.69, 9.17) is 21.7 Å². The van der Waals surface area contributed by atoms with Crippen LogP contribution in [0.2, 0.25) is 0 Å². The minimum Gasteiger partial charge on any atom is -0.486 e. The van der Waals surface area contributed by atoms with Crippen molar-refractivity contribution in [3.8, 4) is 11.5 Å². The van der Waals surface area contributed by atoms with Gasteiger partial charge >= 0.3 is 0 Å². The molecule has 0 saturated heterocycles. The van der Waals surface area contributed by atoms with Gasteiger partial charge < -0.3 is 20.1 Å². The quantitative estimate of drug-likeness (QED) is 0.693. The Morgan fingerprint density at radius 3 is 2.61 bits per heavy atom. The normalized spacial score (nSPS) is 13.2. The van der Waals surface area contributed by atoms with E-state index >= 15 is 0 Å². The van der Waals surface area contributed by atoms with Crippen LogP contribution < -0.4 is 20.1 Å². The fourth-order valence-electron chi connectivity index (χ4n) is 2.68. The Bertz CT molecular complexity index is 961. The summed E-state index contributed by atoms with van der Waals surface area (Å²) >= 11 is 5.31. The molecule has 2 aromatic carbocycles. The van der Waals surface area contributed by atoms with E-state index in [1.54, 1.807) is 24.3 Å². The number of hydrogen-bond acceptors (Lipinski definition) is 5. The van der Waals surface area contributed by atoms with Crippen molar-refractivity contribution in [2.75, 3.05) is 39.2 Å². The highest BCUT2D eigenvalue weighted by Gasteiger charge is 2.17. The minimum atomic E-state index is -3.49. The van der Waals surface area contributed by atoms with Crippen LogP contribution in [0.4, 0.5) is 5.69 Å². The van der Waals surface area contributed by atoms with Gasteiger partial charge in [-0.15, -0.1) is 0 Å². The molecule has 0 aliphatic carbocycles. The standard InChI is InChI=1S/C19H23N3O4S2/c1-22(2)28(23,24)16-5-3-4-15(13-16)21-19(27)20-9-8-14-6-7-17-18(12-14)26-11-10-25-17/h3-7,12-13H,8-11H2,1-2H3,(H2,20,21,27). The maximum Gasteiger partial charge on any atom is 0.242 e. The van der Waals surface area contributed by atoms with Crippen molar-refractivity contribution in [2.24, 2.45) is 0 Å². The summed E-state index contributed by atoms with van der Waals surface area (Å²) in [7, 11) is -0.489. The molecule has 28 heavy (non-hydrogen) atoms. The molecule has 0 aromatic heterocycles. The highest BCUT2D eigenvalue weighted by molar-refractivity contribution is 7.89. The Balaban J connectivity index is 1.54. The van der Waals surface area contributed by atoms with E-state index < -0.39 is 10.0 Å². The molecule has 0 spiro atoms. The van der Waals surface area contributed by atoms with Crippen molar-refractivity contribution in [2.45, 2.75) is 11.3 Å². The molecule has 150 valence electrons. The Kier molecular flexibility index (Phi) is 6.38. The van der Waals surface area contributed by atoms with E-state index in [0.717, 1.165) is 23.5 Å². The van der Waals surface area contributed by atoms with Crippen LogP contribution in [0.3, 0.4) is 0 Å². The largest absolute Gasteiger partial charge is 0.486 e. The molecule has 0 amide bonds. The number of sulfonamides is 1. The van der Waals surface area contributed by atoms with Gasteiger partial charge in [0, 0.05) is 26.3 Å². The molecule has 0 radical (unpaired) electrons. The van der Waals surface area contributed by atoms with E-state index in [9.17, 15) is 8.42 Å². The monoisotopic (exact) mass is 421 g/mol. The van der Waals surface area contributed by atoms with Crippen molar-refractivity contribution in [1.82, 2.24) is 9.62 Å². The third-order valence-electron chi connectivity index (χ3n) is 4.18. The Morgan fingerprint density at radius 1 is 1.11 bits per heavy atom. The van der Waals surface area contributed by atoms with Gasteiger partial charge in [0.05, 0.1) is 4.90 Å². The zero-order valence-corrected chi connectivity index (χ0v) is 17.4. The summed E-state index contributed by atoms with van der Waals surface area (Å²) in [6.07, 6.45) is 0.757. The van der Waals surface area contributed by atoms with E-state index in [1.807, 2.05) is 18.2 Å². The van der Waals surface area contributed by atoms with Crippen molar-refractivity contribution < 1.29 is 17.9 Å². The van der Waals surface area contributed by atoms with Gasteiger partial charge in [-0.3, -0.25) is 0 Å². The molecule has 0 bridgehead atoms. The second-order valence-corrected chi connectivity index (χ2v) is 8.98. The topological polar surface area (TPSA) is 79.9 Å². The van der Waals surface area contributed by atoms with Crippen LogP contribution in [0.5, 0.6) is 11.5 Å². The molecule has 0 saturated carbocycles. The number of nitrogens with zero attached hydrogens (tertiary/aromatic N) is 1. The van der Waals surface area contributed by atoms with Crippen LogP contribution >= 0.6 is 12.2 Å². The molecular formula is C19H23N3O4S2. The Hall–Kier alpha value is -2.36. The van der Waals surface area contributed by atoms with Crippen LogP contribution in [0.25, 0.3) is 0 Å². The number of rotatable bonds is 6. The van der Waals surface area contributed by atoms with E-state index in [1.165, 1.54) is 18.4 Å². The van der Waals surface area contributed by atoms with Gasteiger partial charge in [0.15, 0.2) is 16.6 Å². The Labute approximate surface area is 170 Å². The van der Waals surface area contributed by atoms with Crippen LogP contribution in [0, 0.1) is 0 Å². The van der Waals surface area contributed by atoms with E-state index in [2.05, 4.69) is 10.6 Å². The number of ether oxygens (including phenoxy) is 2. The maximum atomic E-state index is 12.2. The number of hydrogen-bond donors (Lipinski definition) is 2. The summed E-state index contributed by atoms with van der Waals surface area (Å²) < 4.78 is 36.7. The third-order valence-corrected chi connectivity index (χ3v) is 6.23. The minimum absolute atomic E-state index is 0.210. The second kappa shape index (κ2) is 8.76. The lowest BCUT2D eigenvalue weighted by Gasteiger charge is -2.19. The number of nitrogens with one attached hydrogen (secondary N) is 2. The molecule has 9 heteroatoms. The van der Waals surface area contributed by atoms with Crippen molar-refractivity contribution in [1.29, 1.82) is 0 Å². The lowest BCUT2D eigenvalue weighted by atomic mass is 10.1. The fraction of sp³-hybridized carbons (Fsp3) is 0.316. The maximum absolute atomic E-state index is 12.2. The zero-order valence-electron chi connectivity index (χ0n) is 15.8. The second-order valence-electron chi connectivity index (χ2n) is 6.42. The fourth-order valence-corrected chi connectivity index (χ4v) is 3.85. The third kappa shape index (κ3) is 4.92. The van der Waals surface area contributed by atoms with Gasteiger partial charge in [-0.1, -0.05) is 12.1 Å². The van der Waals surface area contributed by atoms with Crippen molar-refractivity contribution >= 4 is 33.0 Å². The number of thiocarbonyl (C=S) groups is 1. The predicted octanol–water partition coefficient (Wildman–Crippen LogP) is 2.24. The number of anilines is 1. The SMILES string of the molecule is CN(C)S(=O)(=O)c1cccc(NC(=S)NCCc2ccc3c(c2)OCCO3)c1. The summed E-state index contributed by atoms with van der Waals surface area (Å²) in [5, 5.41) is 6.58. The summed E-state index contributed by atoms with van der Waals surface area (Å²) in [6, 6.07) is 12.4. The zero-order chi connectivity index (χ0) is 20.1. The highest BCUT2D eigenvalue weighted by Crippen LogP contribution is 2.30. The predicted molar refractivity (Wildman–Crippen MR) is 113 cm³/mol. The molecule has 0 atom stereocenters. The lowest BCUT2D eigenvalue weighted by molar-refractivity contribution is 0.171. The molecule has 0 fully saturated rings. The first-order valence-electron chi connectivity index (χ1n) is 8.82. The average Bonchev–Trinajstić information content (AvgIpc) is 2.68. The molecular weight excluding hydrogens is 398 g/mol. The van der Waals surface area contributed by atoms with Gasteiger partial charge in [0.25, 0.3) is 0 Å². The van der Waals surface area contributed by atoms with Gasteiger partial charge in [0.2, 0.25) is 10.0 Å². The molecule has 1 aliphatic rings. The molecule has 1 aliphatic heterocycles. The smallest absolute Gasteiger partial charge is 0.242 e. The summed E-state index contributed by atoms with van der Waals surface area (Å²) in [6.45, 7) is 1.76. The highest BCUT2D eigenvalue weighted by atomic mass is 32.2. The Morgan fingerprint density at radius 2 is 1.86 bits per heavy atom. The van der Waals surface area contributed by atoms with Crippen LogP contribution in [-0.2, 0) is 16.4 Å². The molecule has 0 unspecified atom stereocenters. The lowest BCUT2D eigenvalue weighted by Crippen LogP contribution is -2.30. The summed E-state index contributed by atoms with van der Waals surface area (Å²) in [5.41, 5.74) is 1.72. The van der Waals surface area contributed by atoms with Gasteiger partial charge in [-0.2, -0.15) is 0 Å².